The largest absolute Gasteiger partial charge is 0.295 e. The van der Waals surface area contributed by atoms with E-state index >= 15 is 0 Å². The summed E-state index contributed by atoms with van der Waals surface area (Å²) in [7, 11) is 0. The van der Waals surface area contributed by atoms with Crippen LogP contribution in [0.3, 0.4) is 0 Å². The van der Waals surface area contributed by atoms with E-state index in [0.717, 1.165) is 6.42 Å². The molecule has 2 unspecified atom stereocenters. The summed E-state index contributed by atoms with van der Waals surface area (Å²) in [5, 5.41) is 0. The lowest BCUT2D eigenvalue weighted by atomic mass is 9.71. The summed E-state index contributed by atoms with van der Waals surface area (Å²) in [5.41, 5.74) is 1.29. The fraction of sp³-hybridized carbons (Fsp3) is 0.727. The van der Waals surface area contributed by atoms with Crippen molar-refractivity contribution < 1.29 is 4.79 Å². The highest BCUT2D eigenvalue weighted by atomic mass is 16.1. The topological polar surface area (TPSA) is 17.1 Å². The molecule has 1 heteroatoms. The predicted octanol–water partition coefficient (Wildman–Crippen LogP) is 2.71. The number of hydrogen-bond donors (Lipinski definition) is 0. The van der Waals surface area contributed by atoms with Gasteiger partial charge in [-0.1, -0.05) is 18.4 Å². The van der Waals surface area contributed by atoms with Gasteiger partial charge in [-0.3, -0.25) is 4.79 Å². The maximum absolute atomic E-state index is 11.6. The Bertz CT molecular complexity index is 227. The molecule has 2 aliphatic carbocycles. The minimum atomic E-state index is 0.391. The number of hydrogen-bond acceptors (Lipinski definition) is 1. The SMILES string of the molecule is CC1=CC(=O)C2CCCCC2C1. The number of ketones is 1. The summed E-state index contributed by atoms with van der Waals surface area (Å²) in [6.45, 7) is 2.09. The van der Waals surface area contributed by atoms with E-state index in [0.29, 0.717) is 17.6 Å². The van der Waals surface area contributed by atoms with Crippen molar-refractivity contribution in [2.24, 2.45) is 11.8 Å². The van der Waals surface area contributed by atoms with Crippen molar-refractivity contribution in [1.82, 2.24) is 0 Å². The minimum Gasteiger partial charge on any atom is -0.295 e. The number of allylic oxidation sites excluding steroid dienone is 2. The Morgan fingerprint density at radius 2 is 2.08 bits per heavy atom. The summed E-state index contributed by atoms with van der Waals surface area (Å²) in [5.74, 6) is 1.49. The Labute approximate surface area is 73.8 Å². The Balaban J connectivity index is 2.18. The van der Waals surface area contributed by atoms with Gasteiger partial charge in [0.15, 0.2) is 5.78 Å². The molecule has 0 aromatic rings. The van der Waals surface area contributed by atoms with Crippen LogP contribution in [0.1, 0.15) is 39.0 Å². The molecule has 0 radical (unpaired) electrons. The van der Waals surface area contributed by atoms with E-state index in [4.69, 9.17) is 0 Å². The van der Waals surface area contributed by atoms with Crippen LogP contribution in [0.15, 0.2) is 11.6 Å². The van der Waals surface area contributed by atoms with Crippen LogP contribution in [0, 0.1) is 11.8 Å². The molecule has 0 aromatic heterocycles. The number of fused-ring (bicyclic) bond motifs is 1. The van der Waals surface area contributed by atoms with Gasteiger partial charge < -0.3 is 0 Å². The maximum atomic E-state index is 11.6. The van der Waals surface area contributed by atoms with Crippen LogP contribution in [-0.2, 0) is 4.79 Å². The maximum Gasteiger partial charge on any atom is 0.158 e. The number of carbonyl (C=O) groups is 1. The molecule has 0 saturated heterocycles. The van der Waals surface area contributed by atoms with Crippen molar-refractivity contribution in [2.75, 3.05) is 0 Å². The molecule has 66 valence electrons. The molecule has 2 rings (SSSR count). The molecule has 12 heavy (non-hydrogen) atoms. The van der Waals surface area contributed by atoms with Crippen molar-refractivity contribution in [3.63, 3.8) is 0 Å². The van der Waals surface area contributed by atoms with Gasteiger partial charge in [-0.25, -0.2) is 0 Å². The quantitative estimate of drug-likeness (QED) is 0.538. The highest BCUT2D eigenvalue weighted by Gasteiger charge is 2.32. The lowest BCUT2D eigenvalue weighted by Gasteiger charge is -2.33. The fourth-order valence-electron chi connectivity index (χ4n) is 2.65. The molecule has 0 aliphatic heterocycles. The third-order valence-electron chi connectivity index (χ3n) is 3.25. The predicted molar refractivity (Wildman–Crippen MR) is 48.8 cm³/mol. The van der Waals surface area contributed by atoms with E-state index in [1.807, 2.05) is 6.08 Å². The smallest absolute Gasteiger partial charge is 0.158 e. The first-order valence-corrected chi connectivity index (χ1v) is 4.98. The monoisotopic (exact) mass is 164 g/mol. The second kappa shape index (κ2) is 3.04. The molecular formula is C11H16O. The number of carbonyl (C=O) groups excluding carboxylic acids is 1. The van der Waals surface area contributed by atoms with E-state index < -0.39 is 0 Å². The zero-order valence-electron chi connectivity index (χ0n) is 7.68. The van der Waals surface area contributed by atoms with Gasteiger partial charge in [0, 0.05) is 5.92 Å². The van der Waals surface area contributed by atoms with E-state index in [-0.39, 0.29) is 0 Å². The molecule has 1 nitrogen and oxygen atoms in total. The summed E-state index contributed by atoms with van der Waals surface area (Å²) in [6, 6.07) is 0. The normalized spacial score (nSPS) is 35.8. The minimum absolute atomic E-state index is 0.391. The van der Waals surface area contributed by atoms with Gasteiger partial charge in [0.1, 0.15) is 0 Å². The van der Waals surface area contributed by atoms with E-state index in [1.54, 1.807) is 0 Å². The molecule has 0 amide bonds. The lowest BCUT2D eigenvalue weighted by molar-refractivity contribution is -0.121. The van der Waals surface area contributed by atoms with Gasteiger partial charge in [-0.05, 0) is 38.2 Å². The summed E-state index contributed by atoms with van der Waals surface area (Å²) >= 11 is 0. The van der Waals surface area contributed by atoms with E-state index in [2.05, 4.69) is 6.92 Å². The lowest BCUT2D eigenvalue weighted by Crippen LogP contribution is -2.29. The average molecular weight is 164 g/mol. The summed E-state index contributed by atoms with van der Waals surface area (Å²) < 4.78 is 0. The van der Waals surface area contributed by atoms with Crippen molar-refractivity contribution in [2.45, 2.75) is 39.0 Å². The zero-order valence-corrected chi connectivity index (χ0v) is 7.68. The van der Waals surface area contributed by atoms with Gasteiger partial charge in [0.05, 0.1) is 0 Å². The van der Waals surface area contributed by atoms with Gasteiger partial charge >= 0.3 is 0 Å². The Morgan fingerprint density at radius 3 is 2.92 bits per heavy atom. The van der Waals surface area contributed by atoms with Crippen LogP contribution < -0.4 is 0 Å². The Hall–Kier alpha value is -0.590. The molecule has 2 atom stereocenters. The van der Waals surface area contributed by atoms with Crippen molar-refractivity contribution in [3.05, 3.63) is 11.6 Å². The molecule has 2 aliphatic rings. The second-order valence-corrected chi connectivity index (χ2v) is 4.25. The number of rotatable bonds is 0. The standard InChI is InChI=1S/C11H16O/c1-8-6-9-4-2-3-5-10(9)11(12)7-8/h7,9-10H,2-6H2,1H3. The molecule has 0 spiro atoms. The molecule has 0 heterocycles. The highest BCUT2D eigenvalue weighted by molar-refractivity contribution is 5.93. The molecular weight excluding hydrogens is 148 g/mol. The Morgan fingerprint density at radius 1 is 1.33 bits per heavy atom. The van der Waals surface area contributed by atoms with E-state index in [9.17, 15) is 4.79 Å². The Kier molecular flexibility index (Phi) is 2.03. The molecule has 0 bridgehead atoms. The van der Waals surface area contributed by atoms with Crippen LogP contribution in [-0.4, -0.2) is 5.78 Å². The van der Waals surface area contributed by atoms with Gasteiger partial charge in [-0.15, -0.1) is 0 Å². The first-order chi connectivity index (χ1) is 5.77. The molecule has 1 fully saturated rings. The average Bonchev–Trinajstić information content (AvgIpc) is 2.04. The van der Waals surface area contributed by atoms with Crippen LogP contribution in [0.4, 0.5) is 0 Å². The zero-order chi connectivity index (χ0) is 8.55. The van der Waals surface area contributed by atoms with Crippen LogP contribution in [0.2, 0.25) is 0 Å². The van der Waals surface area contributed by atoms with E-state index in [1.165, 1.54) is 31.3 Å². The molecule has 0 aromatic carbocycles. The first kappa shape index (κ1) is 8.03. The second-order valence-electron chi connectivity index (χ2n) is 4.25. The first-order valence-electron chi connectivity index (χ1n) is 4.98. The third-order valence-corrected chi connectivity index (χ3v) is 3.25. The fourth-order valence-corrected chi connectivity index (χ4v) is 2.65. The summed E-state index contributed by atoms with van der Waals surface area (Å²) in [4.78, 5) is 11.6. The van der Waals surface area contributed by atoms with Crippen LogP contribution in [0.25, 0.3) is 0 Å². The van der Waals surface area contributed by atoms with Gasteiger partial charge in [-0.2, -0.15) is 0 Å². The van der Waals surface area contributed by atoms with Crippen LogP contribution >= 0.6 is 0 Å². The van der Waals surface area contributed by atoms with Gasteiger partial charge in [0.25, 0.3) is 0 Å². The highest BCUT2D eigenvalue weighted by Crippen LogP contribution is 2.37. The van der Waals surface area contributed by atoms with Gasteiger partial charge in [0.2, 0.25) is 0 Å². The summed E-state index contributed by atoms with van der Waals surface area (Å²) in [6.07, 6.45) is 8.07. The van der Waals surface area contributed by atoms with Crippen molar-refractivity contribution in [1.29, 1.82) is 0 Å². The van der Waals surface area contributed by atoms with Crippen molar-refractivity contribution >= 4 is 5.78 Å². The van der Waals surface area contributed by atoms with Crippen molar-refractivity contribution in [3.8, 4) is 0 Å². The van der Waals surface area contributed by atoms with Crippen LogP contribution in [0.5, 0.6) is 0 Å². The third kappa shape index (κ3) is 1.33. The molecule has 0 N–H and O–H groups in total. The molecule has 1 saturated carbocycles.